The monoisotopic (exact) mass is 531 g/mol. The van der Waals surface area contributed by atoms with Gasteiger partial charge in [-0.2, -0.15) is 0 Å². The van der Waals surface area contributed by atoms with Crippen molar-refractivity contribution in [3.8, 4) is 11.8 Å². The summed E-state index contributed by atoms with van der Waals surface area (Å²) in [5.41, 5.74) is 3.84. The van der Waals surface area contributed by atoms with Crippen molar-refractivity contribution in [3.63, 3.8) is 0 Å². The van der Waals surface area contributed by atoms with E-state index in [-0.39, 0.29) is 17.1 Å². The van der Waals surface area contributed by atoms with Gasteiger partial charge in [-0.1, -0.05) is 46.9 Å². The number of ketones is 1. The molecule has 0 aliphatic heterocycles. The molecular weight excluding hydrogens is 495 g/mol. The number of anilines is 1. The number of hydrogen-bond donors (Lipinski definition) is 1. The van der Waals surface area contributed by atoms with Crippen molar-refractivity contribution >= 4 is 58.5 Å². The number of aliphatic hydroxyl groups is 1. The Morgan fingerprint density at radius 2 is 1.59 bits per heavy atom. The number of hydrogen-bond acceptors (Lipinski definition) is 3. The summed E-state index contributed by atoms with van der Waals surface area (Å²) in [5.74, 6) is 7.59. The lowest BCUT2D eigenvalue weighted by molar-refractivity contribution is -0.114. The molecule has 4 aliphatic rings. The number of allylic oxidation sites excluding steroid dienone is 4. The minimum Gasteiger partial charge on any atom is -0.411 e. The van der Waals surface area contributed by atoms with E-state index < -0.39 is 21.5 Å². The van der Waals surface area contributed by atoms with Crippen molar-refractivity contribution in [2.24, 2.45) is 22.7 Å². The topological polar surface area (TPSA) is 40.5 Å². The first-order valence-corrected chi connectivity index (χ1v) is 14.7. The van der Waals surface area contributed by atoms with Gasteiger partial charge in [-0.25, -0.2) is 0 Å². The van der Waals surface area contributed by atoms with E-state index in [1.807, 2.05) is 30.3 Å². The van der Waals surface area contributed by atoms with Gasteiger partial charge in [0, 0.05) is 28.9 Å². The fourth-order valence-corrected chi connectivity index (χ4v) is 8.10. The van der Waals surface area contributed by atoms with Crippen LogP contribution in [0.15, 0.2) is 47.1 Å². The van der Waals surface area contributed by atoms with Crippen molar-refractivity contribution in [2.45, 2.75) is 94.6 Å². The molecule has 0 bridgehead atoms. The van der Waals surface area contributed by atoms with Crippen LogP contribution in [0.2, 0.25) is 0 Å². The average molecular weight is 531 g/mol. The number of nitrogens with zero attached hydrogens (tertiary/aromatic N) is 1. The van der Waals surface area contributed by atoms with Crippen LogP contribution in [0.1, 0.15) is 84.1 Å². The van der Waals surface area contributed by atoms with Gasteiger partial charge in [0.2, 0.25) is 0 Å². The summed E-state index contributed by atoms with van der Waals surface area (Å²) in [6.45, 7) is 8.46. The molecule has 0 saturated heterocycles. The van der Waals surface area contributed by atoms with E-state index in [9.17, 15) is 9.90 Å². The molecule has 0 unspecified atom stereocenters. The molecule has 3 nitrogen and oxygen atoms in total. The molecule has 1 N–H and O–H groups in total. The first-order valence-electron chi connectivity index (χ1n) is 14.7. The lowest BCUT2D eigenvalue weighted by atomic mass is 9.40. The fraction of sp³-hybridized carbons (Fsp3) is 0.594. The second-order valence-corrected chi connectivity index (χ2v) is 14.1. The lowest BCUT2D eigenvalue weighted by Gasteiger charge is -2.54. The Kier molecular flexibility index (Phi) is 7.50. The summed E-state index contributed by atoms with van der Waals surface area (Å²) in [6, 6.07) is 7.69. The van der Waals surface area contributed by atoms with E-state index in [0.717, 1.165) is 37.7 Å². The molecule has 5 atom stereocenters. The Labute approximate surface area is 254 Å². The molecule has 0 heterocycles. The zero-order valence-electron chi connectivity index (χ0n) is 24.8. The maximum Gasteiger partial charge on any atom is 0.156 e. The molecule has 2 fully saturated rings. The van der Waals surface area contributed by atoms with Crippen molar-refractivity contribution < 1.29 is 9.90 Å². The molecule has 41 heavy (non-hydrogen) atoms. The Bertz CT molecular complexity index is 1340. The highest BCUT2D eigenvalue weighted by atomic mass is 16.3. The average Bonchev–Trinajstić information content (AvgIpc) is 3.11. The Hall–Kier alpha value is -1.92. The number of fused-ring (bicyclic) bond motifs is 4. The van der Waals surface area contributed by atoms with Gasteiger partial charge in [-0.15, -0.1) is 0 Å². The molecule has 198 valence electrons. The van der Waals surface area contributed by atoms with E-state index >= 15 is 0 Å². The summed E-state index contributed by atoms with van der Waals surface area (Å²) >= 11 is 0. The van der Waals surface area contributed by atoms with Crippen LogP contribution in [0.3, 0.4) is 0 Å². The van der Waals surface area contributed by atoms with Crippen molar-refractivity contribution in [1.82, 2.24) is 0 Å². The maximum atomic E-state index is 12.4. The SMILES string of the molecule is [B]C([B])([B])N(c1ccc([C@H]2C[C@@]3(C)[C@@H](CC[C@@]3(O)C#CC(C)(C)C)[C@@H]3CCC4=CC(=O)CCC4=C32)cc1)C([B])([B])[B]. The van der Waals surface area contributed by atoms with Crippen LogP contribution >= 0.6 is 0 Å². The summed E-state index contributed by atoms with van der Waals surface area (Å²) in [7, 11) is 35.8. The second kappa shape index (κ2) is 10.1. The molecular formula is C32H35B6NO2. The van der Waals surface area contributed by atoms with Crippen LogP contribution in [0.5, 0.6) is 0 Å². The van der Waals surface area contributed by atoms with Gasteiger partial charge in [0.25, 0.3) is 0 Å². The highest BCUT2D eigenvalue weighted by molar-refractivity contribution is 6.66. The quantitative estimate of drug-likeness (QED) is 0.480. The third kappa shape index (κ3) is 5.48. The van der Waals surface area contributed by atoms with Gasteiger partial charge in [0.05, 0.1) is 47.1 Å². The Morgan fingerprint density at radius 1 is 0.951 bits per heavy atom. The highest BCUT2D eigenvalue weighted by Crippen LogP contribution is 2.66. The van der Waals surface area contributed by atoms with Gasteiger partial charge in [-0.05, 0) is 106 Å². The molecule has 1 aromatic rings. The molecule has 1 aromatic carbocycles. The van der Waals surface area contributed by atoms with Crippen LogP contribution < -0.4 is 4.90 Å². The number of carbonyl (C=O) groups is 1. The minimum absolute atomic E-state index is 0.0356. The molecule has 0 amide bonds. The zero-order valence-corrected chi connectivity index (χ0v) is 24.8. The third-order valence-corrected chi connectivity index (χ3v) is 9.86. The largest absolute Gasteiger partial charge is 0.411 e. The number of rotatable bonds is 4. The fourth-order valence-electron chi connectivity index (χ4n) is 8.10. The minimum atomic E-state index is -1.88. The van der Waals surface area contributed by atoms with Gasteiger partial charge in [0.1, 0.15) is 5.60 Å². The molecule has 9 heteroatoms. The van der Waals surface area contributed by atoms with E-state index in [0.29, 0.717) is 30.4 Å². The predicted octanol–water partition coefficient (Wildman–Crippen LogP) is 3.41. The normalized spacial score (nSPS) is 31.8. The molecule has 12 radical (unpaired) electrons. The first-order chi connectivity index (χ1) is 18.8. The maximum absolute atomic E-state index is 12.4. The molecule has 4 aliphatic carbocycles. The third-order valence-electron chi connectivity index (χ3n) is 9.86. The van der Waals surface area contributed by atoms with Gasteiger partial charge in [-0.3, -0.25) is 4.79 Å². The van der Waals surface area contributed by atoms with Crippen LogP contribution in [0.25, 0.3) is 0 Å². The van der Waals surface area contributed by atoms with Crippen molar-refractivity contribution in [2.75, 3.05) is 4.90 Å². The number of carbonyl (C=O) groups excluding carboxylic acids is 1. The van der Waals surface area contributed by atoms with E-state index in [1.54, 1.807) is 0 Å². The standard InChI is InChI=1S/C32H35B6NO2/c1-28(2,3)15-16-30(41)14-13-26-24-11-7-20-17-22(40)10-12-23(20)27(24)25(18-29(26,30)4)19-5-8-21(9-6-19)39(31(33,34)35)32(36,37)38/h5-6,8-9,17,24-26,41H,7,10-14,18H2,1-4H3/t24-,25+,26-,29-,30+/m0/s1. The van der Waals surface area contributed by atoms with Gasteiger partial charge >= 0.3 is 0 Å². The lowest BCUT2D eigenvalue weighted by Crippen LogP contribution is -2.64. The van der Waals surface area contributed by atoms with E-state index in [4.69, 9.17) is 47.1 Å². The first kappa shape index (κ1) is 30.5. The number of benzene rings is 1. The van der Waals surface area contributed by atoms with E-state index in [1.165, 1.54) is 21.6 Å². The van der Waals surface area contributed by atoms with Crippen LogP contribution in [-0.4, -0.2) is 74.0 Å². The van der Waals surface area contributed by atoms with Crippen LogP contribution in [-0.2, 0) is 4.79 Å². The zero-order chi connectivity index (χ0) is 30.2. The predicted molar refractivity (Wildman–Crippen MR) is 171 cm³/mol. The highest BCUT2D eigenvalue weighted by Gasteiger charge is 2.62. The van der Waals surface area contributed by atoms with Gasteiger partial charge in [0.15, 0.2) is 5.78 Å². The Morgan fingerprint density at radius 3 is 2.17 bits per heavy atom. The van der Waals surface area contributed by atoms with Crippen molar-refractivity contribution in [1.29, 1.82) is 0 Å². The van der Waals surface area contributed by atoms with E-state index in [2.05, 4.69) is 39.5 Å². The molecule has 0 aromatic heterocycles. The molecule has 5 rings (SSSR count). The van der Waals surface area contributed by atoms with Crippen LogP contribution in [0.4, 0.5) is 5.69 Å². The second-order valence-electron chi connectivity index (χ2n) is 14.1. The van der Waals surface area contributed by atoms with Crippen LogP contribution in [0, 0.1) is 34.5 Å². The summed E-state index contributed by atoms with van der Waals surface area (Å²) < 4.78 is 0. The van der Waals surface area contributed by atoms with Crippen molar-refractivity contribution in [3.05, 3.63) is 52.6 Å². The molecule has 2 saturated carbocycles. The summed E-state index contributed by atoms with van der Waals surface area (Å²) in [6.07, 6.45) is 7.37. The summed E-state index contributed by atoms with van der Waals surface area (Å²) in [5, 5.41) is 8.42. The molecule has 0 spiro atoms. The van der Waals surface area contributed by atoms with Gasteiger partial charge < -0.3 is 10.0 Å². The Balaban J connectivity index is 1.63. The summed E-state index contributed by atoms with van der Waals surface area (Å²) in [4.78, 5) is 13.5. The smallest absolute Gasteiger partial charge is 0.156 e.